The van der Waals surface area contributed by atoms with Gasteiger partial charge in [0.05, 0.1) is 5.56 Å². The van der Waals surface area contributed by atoms with Gasteiger partial charge in [-0.1, -0.05) is 0 Å². The van der Waals surface area contributed by atoms with Gasteiger partial charge in [-0.3, -0.25) is 4.79 Å². The smallest absolute Gasteiger partial charge is 0.261 e. The lowest BCUT2D eigenvalue weighted by Crippen LogP contribution is -2.45. The van der Waals surface area contributed by atoms with E-state index in [1.54, 1.807) is 17.5 Å². The minimum atomic E-state index is 0.104. The Hall–Kier alpha value is -2.18. The van der Waals surface area contributed by atoms with E-state index < -0.39 is 0 Å². The Morgan fingerprint density at radius 2 is 2.24 bits per heavy atom. The summed E-state index contributed by atoms with van der Waals surface area (Å²) in [7, 11) is 0. The molecule has 5 nitrogen and oxygen atoms in total. The molecule has 0 amide bonds. The lowest BCUT2D eigenvalue weighted by atomic mass is 9.84. The molecule has 2 aliphatic rings. The van der Waals surface area contributed by atoms with Gasteiger partial charge < -0.3 is 14.5 Å². The molecule has 6 heteroatoms. The highest BCUT2D eigenvalue weighted by Gasteiger charge is 2.31. The van der Waals surface area contributed by atoms with Crippen LogP contribution in [0.15, 0.2) is 46.1 Å². The van der Waals surface area contributed by atoms with E-state index in [9.17, 15) is 4.79 Å². The highest BCUT2D eigenvalue weighted by atomic mass is 32.1. The summed E-state index contributed by atoms with van der Waals surface area (Å²) in [5.74, 6) is 1.78. The normalized spacial score (nSPS) is 21.9. The molecule has 1 saturated heterocycles. The molecule has 1 N–H and O–H groups in total. The number of nitrogens with zero attached hydrogens (tertiary/aromatic N) is 3. The highest BCUT2D eigenvalue weighted by Crippen LogP contribution is 2.32. The number of piperidine rings is 1. The number of pyridine rings is 1. The van der Waals surface area contributed by atoms with Crippen molar-refractivity contribution in [1.82, 2.24) is 19.4 Å². The minimum Gasteiger partial charge on any atom is -0.326 e. The van der Waals surface area contributed by atoms with Crippen molar-refractivity contribution in [2.24, 2.45) is 5.92 Å². The molecule has 128 valence electrons. The van der Waals surface area contributed by atoms with E-state index in [2.05, 4.69) is 37.8 Å². The molecule has 5 heterocycles. The van der Waals surface area contributed by atoms with Crippen molar-refractivity contribution in [2.45, 2.75) is 25.4 Å². The van der Waals surface area contributed by atoms with Crippen LogP contribution in [0.1, 0.15) is 23.6 Å². The molecule has 0 spiro atoms. The Morgan fingerprint density at radius 1 is 1.28 bits per heavy atom. The fourth-order valence-electron chi connectivity index (χ4n) is 4.22. The van der Waals surface area contributed by atoms with Gasteiger partial charge in [-0.2, -0.15) is 11.3 Å². The van der Waals surface area contributed by atoms with Crippen LogP contribution in [0.4, 0.5) is 0 Å². The van der Waals surface area contributed by atoms with E-state index in [4.69, 9.17) is 0 Å². The van der Waals surface area contributed by atoms with Crippen LogP contribution in [-0.4, -0.2) is 27.2 Å². The van der Waals surface area contributed by atoms with Gasteiger partial charge in [-0.25, -0.2) is 4.98 Å². The topological polar surface area (TPSA) is 51.9 Å². The lowest BCUT2D eigenvalue weighted by Gasteiger charge is -2.37. The van der Waals surface area contributed by atoms with Crippen LogP contribution in [0, 0.1) is 5.92 Å². The van der Waals surface area contributed by atoms with E-state index in [0.717, 1.165) is 32.0 Å². The molecule has 2 bridgehead atoms. The molecule has 5 rings (SSSR count). The molecular weight excluding hydrogens is 332 g/mol. The number of hydrogen-bond donors (Lipinski definition) is 1. The van der Waals surface area contributed by atoms with Gasteiger partial charge >= 0.3 is 0 Å². The second-order valence-corrected chi connectivity index (χ2v) is 7.83. The first-order valence-corrected chi connectivity index (χ1v) is 9.71. The Labute approximate surface area is 150 Å². The minimum absolute atomic E-state index is 0.104. The second-order valence-electron chi connectivity index (χ2n) is 7.05. The predicted octanol–water partition coefficient (Wildman–Crippen LogP) is 2.53. The van der Waals surface area contributed by atoms with Gasteiger partial charge in [0.1, 0.15) is 5.82 Å². The number of imidazole rings is 1. The van der Waals surface area contributed by atoms with Gasteiger partial charge in [0.15, 0.2) is 0 Å². The second kappa shape index (κ2) is 5.97. The van der Waals surface area contributed by atoms with E-state index >= 15 is 0 Å². The van der Waals surface area contributed by atoms with E-state index in [1.165, 1.54) is 17.7 Å². The third kappa shape index (κ3) is 2.56. The van der Waals surface area contributed by atoms with Crippen molar-refractivity contribution in [3.05, 3.63) is 63.0 Å². The highest BCUT2D eigenvalue weighted by molar-refractivity contribution is 7.07. The van der Waals surface area contributed by atoms with Gasteiger partial charge in [0.2, 0.25) is 0 Å². The Morgan fingerprint density at radius 3 is 3.12 bits per heavy atom. The van der Waals surface area contributed by atoms with Crippen molar-refractivity contribution in [2.75, 3.05) is 13.1 Å². The summed E-state index contributed by atoms with van der Waals surface area (Å²) in [6.45, 7) is 3.55. The SMILES string of the molecule is O=c1c(-c2nccn2Cc2ccsc2)ccc2n1C[C@@H]1CNC[C@H]2C1. The summed E-state index contributed by atoms with van der Waals surface area (Å²) in [5, 5.41) is 7.70. The Bertz CT molecular complexity index is 956. The number of hydrogen-bond acceptors (Lipinski definition) is 4. The van der Waals surface area contributed by atoms with Crippen molar-refractivity contribution in [3.8, 4) is 11.4 Å². The summed E-state index contributed by atoms with van der Waals surface area (Å²) in [4.78, 5) is 17.7. The standard InChI is InChI=1S/C19H20N4OS/c24-19-16(18-21-4-5-22(18)10-13-3-6-25-12-13)1-2-17-15-7-14(8-20-9-15)11-23(17)19/h1-6,12,14-15,20H,7-11H2/t14-,15+/m0/s1. The zero-order valence-corrected chi connectivity index (χ0v) is 14.7. The van der Waals surface area contributed by atoms with Gasteiger partial charge in [0.25, 0.3) is 5.56 Å². The molecule has 0 unspecified atom stereocenters. The van der Waals surface area contributed by atoms with Crippen LogP contribution >= 0.6 is 11.3 Å². The number of fused-ring (bicyclic) bond motifs is 4. The van der Waals surface area contributed by atoms with Gasteiger partial charge in [-0.15, -0.1) is 0 Å². The average molecular weight is 352 g/mol. The van der Waals surface area contributed by atoms with Crippen molar-refractivity contribution in [3.63, 3.8) is 0 Å². The fourth-order valence-corrected chi connectivity index (χ4v) is 4.88. The van der Waals surface area contributed by atoms with E-state index in [1.807, 2.05) is 16.8 Å². The Kier molecular flexibility index (Phi) is 3.60. The van der Waals surface area contributed by atoms with Crippen LogP contribution in [0.3, 0.4) is 0 Å². The summed E-state index contributed by atoms with van der Waals surface area (Å²) < 4.78 is 4.07. The van der Waals surface area contributed by atoms with Crippen molar-refractivity contribution < 1.29 is 0 Å². The molecule has 1 fully saturated rings. The molecule has 0 radical (unpaired) electrons. The molecule has 0 aromatic carbocycles. The number of aromatic nitrogens is 3. The summed E-state index contributed by atoms with van der Waals surface area (Å²) >= 11 is 1.69. The molecular formula is C19H20N4OS. The Balaban J connectivity index is 1.57. The number of nitrogens with one attached hydrogen (secondary N) is 1. The summed E-state index contributed by atoms with van der Waals surface area (Å²) in [6.07, 6.45) is 4.93. The van der Waals surface area contributed by atoms with Gasteiger partial charge in [-0.05, 0) is 53.4 Å². The number of thiophene rings is 1. The molecule has 2 atom stereocenters. The van der Waals surface area contributed by atoms with E-state index in [0.29, 0.717) is 17.4 Å². The van der Waals surface area contributed by atoms with Crippen molar-refractivity contribution >= 4 is 11.3 Å². The largest absolute Gasteiger partial charge is 0.326 e. The maximum Gasteiger partial charge on any atom is 0.261 e. The van der Waals surface area contributed by atoms with E-state index in [-0.39, 0.29) is 5.56 Å². The van der Waals surface area contributed by atoms with Crippen LogP contribution in [-0.2, 0) is 13.1 Å². The zero-order chi connectivity index (χ0) is 16.8. The van der Waals surface area contributed by atoms with Crippen LogP contribution < -0.4 is 10.9 Å². The third-order valence-corrected chi connectivity index (χ3v) is 6.13. The maximum atomic E-state index is 13.2. The molecule has 3 aromatic heterocycles. The molecule has 2 aliphatic heterocycles. The molecule has 0 saturated carbocycles. The summed E-state index contributed by atoms with van der Waals surface area (Å²) in [5.41, 5.74) is 3.22. The monoisotopic (exact) mass is 352 g/mol. The van der Waals surface area contributed by atoms with Crippen LogP contribution in [0.5, 0.6) is 0 Å². The average Bonchev–Trinajstić information content (AvgIpc) is 3.29. The first kappa shape index (κ1) is 15.1. The third-order valence-electron chi connectivity index (χ3n) is 5.40. The zero-order valence-electron chi connectivity index (χ0n) is 13.9. The first-order chi connectivity index (χ1) is 12.3. The predicted molar refractivity (Wildman–Crippen MR) is 99.1 cm³/mol. The van der Waals surface area contributed by atoms with Crippen molar-refractivity contribution in [1.29, 1.82) is 0 Å². The fraction of sp³-hybridized carbons (Fsp3) is 0.368. The molecule has 25 heavy (non-hydrogen) atoms. The van der Waals surface area contributed by atoms with Crippen LogP contribution in [0.25, 0.3) is 11.4 Å². The number of rotatable bonds is 3. The maximum absolute atomic E-state index is 13.2. The van der Waals surface area contributed by atoms with Gasteiger partial charge in [0, 0.05) is 43.6 Å². The summed E-state index contributed by atoms with van der Waals surface area (Å²) in [6, 6.07) is 6.21. The first-order valence-electron chi connectivity index (χ1n) is 8.76. The lowest BCUT2D eigenvalue weighted by molar-refractivity contribution is 0.257. The molecule has 3 aromatic rings. The molecule has 0 aliphatic carbocycles. The quantitative estimate of drug-likeness (QED) is 0.788. The van der Waals surface area contributed by atoms with Crippen LogP contribution in [0.2, 0.25) is 0 Å².